The van der Waals surface area contributed by atoms with Gasteiger partial charge in [-0.25, -0.2) is 14.4 Å². The van der Waals surface area contributed by atoms with Gasteiger partial charge in [0.2, 0.25) is 0 Å². The summed E-state index contributed by atoms with van der Waals surface area (Å²) in [5.41, 5.74) is -2.51. The van der Waals surface area contributed by atoms with Crippen LogP contribution in [0.2, 0.25) is 0 Å². The first-order chi connectivity index (χ1) is 12.4. The number of aromatic nitrogens is 3. The topological polar surface area (TPSA) is 44.8 Å². The Kier molecular flexibility index (Phi) is 3.86. The average molecular weight is 364 g/mol. The lowest BCUT2D eigenvalue weighted by molar-refractivity contribution is -0.139. The van der Waals surface area contributed by atoms with Crippen LogP contribution in [0.1, 0.15) is 24.0 Å². The van der Waals surface area contributed by atoms with Gasteiger partial charge in [0.05, 0.1) is 10.9 Å². The Morgan fingerprint density at radius 3 is 2.50 bits per heavy atom. The fourth-order valence-electron chi connectivity index (χ4n) is 3.57. The van der Waals surface area contributed by atoms with Gasteiger partial charge in [-0.3, -0.25) is 0 Å². The second kappa shape index (κ2) is 5.96. The van der Waals surface area contributed by atoms with Crippen molar-refractivity contribution in [2.75, 3.05) is 18.0 Å². The van der Waals surface area contributed by atoms with E-state index in [-0.39, 0.29) is 31.5 Å². The molecule has 1 aliphatic rings. The number of hydrogen-bond acceptors (Lipinski definition) is 3. The van der Waals surface area contributed by atoms with Crippen molar-refractivity contribution >= 4 is 16.9 Å². The van der Waals surface area contributed by atoms with E-state index in [9.17, 15) is 13.2 Å². The molecule has 1 aromatic carbocycles. The fraction of sp³-hybridized carbons (Fsp3) is 0.333. The van der Waals surface area contributed by atoms with Crippen LogP contribution < -0.4 is 4.90 Å². The van der Waals surface area contributed by atoms with Crippen molar-refractivity contribution in [3.8, 4) is 0 Å². The number of rotatable bonds is 2. The number of nitrogens with zero attached hydrogens (tertiary/aromatic N) is 3. The Bertz CT molecular complexity index is 926. The van der Waals surface area contributed by atoms with Crippen LogP contribution in [0.4, 0.5) is 23.4 Å². The number of alkyl halides is 4. The Balaban J connectivity index is 1.61. The zero-order valence-electron chi connectivity index (χ0n) is 13.7. The van der Waals surface area contributed by atoms with Gasteiger partial charge in [0.15, 0.2) is 0 Å². The van der Waals surface area contributed by atoms with Gasteiger partial charge >= 0.3 is 6.18 Å². The molecule has 0 spiro atoms. The van der Waals surface area contributed by atoms with Gasteiger partial charge in [0, 0.05) is 37.7 Å². The fourth-order valence-corrected chi connectivity index (χ4v) is 3.57. The number of nitrogens with one attached hydrogen (secondary N) is 1. The van der Waals surface area contributed by atoms with E-state index in [4.69, 9.17) is 0 Å². The monoisotopic (exact) mass is 364 g/mol. The molecule has 1 saturated heterocycles. The molecule has 4 nitrogen and oxygen atoms in total. The number of benzene rings is 1. The first-order valence-electron chi connectivity index (χ1n) is 8.27. The van der Waals surface area contributed by atoms with Gasteiger partial charge < -0.3 is 9.88 Å². The lowest BCUT2D eigenvalue weighted by Gasteiger charge is -2.38. The van der Waals surface area contributed by atoms with Crippen molar-refractivity contribution in [2.24, 2.45) is 0 Å². The van der Waals surface area contributed by atoms with Crippen molar-refractivity contribution in [1.82, 2.24) is 15.0 Å². The minimum absolute atomic E-state index is 0.0317. The minimum atomic E-state index is -4.57. The summed E-state index contributed by atoms with van der Waals surface area (Å²) in [6.07, 6.45) is -1.47. The van der Waals surface area contributed by atoms with Gasteiger partial charge in [0.25, 0.3) is 0 Å². The van der Waals surface area contributed by atoms with E-state index in [1.807, 2.05) is 11.0 Å². The standard InChI is InChI=1S/C18H16F4N4/c19-17(13-3-1-2-4-14(13)18(20,21)22)6-9-26(10-7-17)16-12-5-8-23-15(12)24-11-25-16/h1-5,8,11H,6-7,9-10H2,(H,23,24,25). The molecule has 0 saturated carbocycles. The van der Waals surface area contributed by atoms with Gasteiger partial charge in [-0.15, -0.1) is 0 Å². The second-order valence-electron chi connectivity index (χ2n) is 6.43. The Hall–Kier alpha value is -2.64. The summed E-state index contributed by atoms with van der Waals surface area (Å²) >= 11 is 0. The molecule has 1 aliphatic heterocycles. The number of halogens is 4. The second-order valence-corrected chi connectivity index (χ2v) is 6.43. The van der Waals surface area contributed by atoms with Gasteiger partial charge in [0.1, 0.15) is 23.5 Å². The summed E-state index contributed by atoms with van der Waals surface area (Å²) in [6.45, 7) is 0.556. The molecule has 1 fully saturated rings. The summed E-state index contributed by atoms with van der Waals surface area (Å²) in [5, 5.41) is 0.814. The van der Waals surface area contributed by atoms with Crippen LogP contribution in [0.15, 0.2) is 42.9 Å². The molecule has 0 radical (unpaired) electrons. The van der Waals surface area contributed by atoms with Gasteiger partial charge in [-0.2, -0.15) is 13.2 Å². The molecule has 4 rings (SSSR count). The maximum absolute atomic E-state index is 15.5. The molecular formula is C18H16F4N4. The zero-order valence-corrected chi connectivity index (χ0v) is 13.7. The predicted octanol–water partition coefficient (Wildman–Crippen LogP) is 4.44. The highest BCUT2D eigenvalue weighted by molar-refractivity contribution is 5.87. The molecule has 3 heterocycles. The normalized spacial score (nSPS) is 17.6. The number of aromatic amines is 1. The molecule has 26 heavy (non-hydrogen) atoms. The largest absolute Gasteiger partial charge is 0.416 e. The maximum atomic E-state index is 15.5. The molecule has 1 N–H and O–H groups in total. The number of fused-ring (bicyclic) bond motifs is 1. The third kappa shape index (κ3) is 2.79. The van der Waals surface area contributed by atoms with Gasteiger partial charge in [-0.05, 0) is 12.1 Å². The highest BCUT2D eigenvalue weighted by atomic mass is 19.4. The van der Waals surface area contributed by atoms with Crippen LogP contribution in [0, 0.1) is 0 Å². The zero-order chi connectivity index (χ0) is 18.4. The number of H-pyrrole nitrogens is 1. The Morgan fingerprint density at radius 2 is 1.77 bits per heavy atom. The van der Waals surface area contributed by atoms with Crippen LogP contribution in [0.3, 0.4) is 0 Å². The first kappa shape index (κ1) is 16.8. The average Bonchev–Trinajstić information content (AvgIpc) is 3.11. The Labute approximate surface area is 146 Å². The summed E-state index contributed by atoms with van der Waals surface area (Å²) in [6, 6.07) is 6.76. The van der Waals surface area contributed by atoms with Gasteiger partial charge in [-0.1, -0.05) is 18.2 Å². The smallest absolute Gasteiger partial charge is 0.356 e. The third-order valence-electron chi connectivity index (χ3n) is 4.90. The predicted molar refractivity (Wildman–Crippen MR) is 89.6 cm³/mol. The minimum Gasteiger partial charge on any atom is -0.356 e. The molecular weight excluding hydrogens is 348 g/mol. The van der Waals surface area contributed by atoms with Crippen LogP contribution in [0.25, 0.3) is 11.0 Å². The molecule has 0 aliphatic carbocycles. The van der Waals surface area contributed by atoms with Crippen molar-refractivity contribution in [3.63, 3.8) is 0 Å². The van der Waals surface area contributed by atoms with E-state index in [0.29, 0.717) is 11.5 Å². The van der Waals surface area contributed by atoms with Crippen LogP contribution in [-0.4, -0.2) is 28.0 Å². The van der Waals surface area contributed by atoms with Crippen LogP contribution in [-0.2, 0) is 11.8 Å². The summed E-state index contributed by atoms with van der Waals surface area (Å²) in [4.78, 5) is 13.3. The van der Waals surface area contributed by atoms with E-state index in [0.717, 1.165) is 11.5 Å². The van der Waals surface area contributed by atoms with Crippen molar-refractivity contribution in [1.29, 1.82) is 0 Å². The van der Waals surface area contributed by atoms with Crippen LogP contribution >= 0.6 is 0 Å². The quantitative estimate of drug-likeness (QED) is 0.684. The number of piperidine rings is 1. The van der Waals surface area contributed by atoms with E-state index >= 15 is 4.39 Å². The van der Waals surface area contributed by atoms with E-state index in [1.165, 1.54) is 24.5 Å². The molecule has 136 valence electrons. The van der Waals surface area contributed by atoms with Crippen LogP contribution in [0.5, 0.6) is 0 Å². The number of anilines is 1. The lowest BCUT2D eigenvalue weighted by Crippen LogP contribution is -2.41. The molecule has 0 atom stereocenters. The third-order valence-corrected chi connectivity index (χ3v) is 4.90. The Morgan fingerprint density at radius 1 is 1.04 bits per heavy atom. The highest BCUT2D eigenvalue weighted by Gasteiger charge is 2.43. The SMILES string of the molecule is FC(F)(F)c1ccccc1C1(F)CCN(c2ncnc3[nH]ccc23)CC1. The van der Waals surface area contributed by atoms with E-state index < -0.39 is 17.4 Å². The van der Waals surface area contributed by atoms with Crippen molar-refractivity contribution in [2.45, 2.75) is 24.7 Å². The molecule has 8 heteroatoms. The molecule has 0 unspecified atom stereocenters. The summed E-state index contributed by atoms with van der Waals surface area (Å²) in [7, 11) is 0. The van der Waals surface area contributed by atoms with Crippen molar-refractivity contribution < 1.29 is 17.6 Å². The highest BCUT2D eigenvalue weighted by Crippen LogP contribution is 2.44. The summed E-state index contributed by atoms with van der Waals surface area (Å²) < 4.78 is 55.2. The summed E-state index contributed by atoms with van der Waals surface area (Å²) in [5.74, 6) is 0.669. The molecule has 2 aromatic heterocycles. The maximum Gasteiger partial charge on any atom is 0.416 e. The molecule has 0 bridgehead atoms. The number of hydrogen-bond donors (Lipinski definition) is 1. The first-order valence-corrected chi connectivity index (χ1v) is 8.27. The molecule has 3 aromatic rings. The van der Waals surface area contributed by atoms with E-state index in [2.05, 4.69) is 15.0 Å². The molecule has 0 amide bonds. The van der Waals surface area contributed by atoms with Crippen molar-refractivity contribution in [3.05, 3.63) is 54.0 Å². The lowest BCUT2D eigenvalue weighted by atomic mass is 9.83. The van der Waals surface area contributed by atoms with E-state index in [1.54, 1.807) is 6.20 Å².